The highest BCUT2D eigenvalue weighted by Gasteiger charge is 2.48. The molecule has 33 heavy (non-hydrogen) atoms. The maximum atomic E-state index is 13.6. The number of carbonyl (C=O) groups excluding carboxylic acids is 1. The van der Waals surface area contributed by atoms with E-state index >= 15 is 0 Å². The lowest BCUT2D eigenvalue weighted by Crippen LogP contribution is -2.40. The minimum atomic E-state index is -3.26. The predicted octanol–water partition coefficient (Wildman–Crippen LogP) is 3.40. The lowest BCUT2D eigenvalue weighted by molar-refractivity contribution is 0.0662. The first kappa shape index (κ1) is 21.5. The number of hydrogen-bond donors (Lipinski definition) is 0. The van der Waals surface area contributed by atoms with Gasteiger partial charge in [-0.15, -0.1) is 0 Å². The Hall–Kier alpha value is -3.39. The Balaban J connectivity index is 1.72. The largest absolute Gasteiger partial charge is 0.490 e. The third-order valence-electron chi connectivity index (χ3n) is 6.20. The predicted molar refractivity (Wildman–Crippen MR) is 124 cm³/mol. The van der Waals surface area contributed by atoms with E-state index in [1.807, 2.05) is 19.1 Å². The summed E-state index contributed by atoms with van der Waals surface area (Å²) in [5, 5.41) is 0.395. The first-order valence-corrected chi connectivity index (χ1v) is 12.6. The van der Waals surface area contributed by atoms with Crippen LogP contribution < -0.4 is 10.2 Å². The molecule has 170 valence electrons. The SMILES string of the molecule is C=CCOc1cccc(C2c3c(oc4ccc(C)cc4c3=O)C(=O)N2C2CCS(=O)(=O)C2)c1. The van der Waals surface area contributed by atoms with Crippen molar-refractivity contribution in [3.63, 3.8) is 0 Å². The Bertz CT molecular complexity index is 1460. The molecular formula is C25H23NO6S. The average molecular weight is 466 g/mol. The molecule has 1 saturated heterocycles. The van der Waals surface area contributed by atoms with Gasteiger partial charge in [0.25, 0.3) is 5.91 Å². The Morgan fingerprint density at radius 1 is 1.21 bits per heavy atom. The van der Waals surface area contributed by atoms with Crippen molar-refractivity contribution in [2.75, 3.05) is 18.1 Å². The number of aryl methyl sites for hydroxylation is 1. The van der Waals surface area contributed by atoms with E-state index in [0.717, 1.165) is 5.56 Å². The quantitative estimate of drug-likeness (QED) is 0.536. The number of fused-ring (bicyclic) bond motifs is 2. The molecule has 1 amide bonds. The minimum absolute atomic E-state index is 0.00947. The topological polar surface area (TPSA) is 93.9 Å². The Kier molecular flexibility index (Phi) is 5.12. The molecular weight excluding hydrogens is 442 g/mol. The molecule has 0 saturated carbocycles. The highest BCUT2D eigenvalue weighted by atomic mass is 32.2. The molecule has 3 heterocycles. The molecule has 0 spiro atoms. The molecule has 0 bridgehead atoms. The van der Waals surface area contributed by atoms with Crippen molar-refractivity contribution in [3.05, 3.63) is 87.8 Å². The first-order chi connectivity index (χ1) is 15.8. The molecule has 0 radical (unpaired) electrons. The zero-order valence-corrected chi connectivity index (χ0v) is 18.9. The van der Waals surface area contributed by atoms with E-state index in [1.54, 1.807) is 36.4 Å². The second kappa shape index (κ2) is 7.88. The number of sulfone groups is 1. The van der Waals surface area contributed by atoms with Crippen LogP contribution in [-0.4, -0.2) is 43.4 Å². The Morgan fingerprint density at radius 2 is 2.03 bits per heavy atom. The van der Waals surface area contributed by atoms with Crippen LogP contribution >= 0.6 is 0 Å². The fourth-order valence-corrected chi connectivity index (χ4v) is 6.44. The van der Waals surface area contributed by atoms with Gasteiger partial charge in [0, 0.05) is 6.04 Å². The van der Waals surface area contributed by atoms with Crippen molar-refractivity contribution in [2.24, 2.45) is 0 Å². The van der Waals surface area contributed by atoms with Gasteiger partial charge in [0.2, 0.25) is 5.76 Å². The third kappa shape index (κ3) is 3.64. The van der Waals surface area contributed by atoms with E-state index in [2.05, 4.69) is 6.58 Å². The van der Waals surface area contributed by atoms with Crippen LogP contribution in [0.3, 0.4) is 0 Å². The van der Waals surface area contributed by atoms with Gasteiger partial charge < -0.3 is 14.1 Å². The van der Waals surface area contributed by atoms with Gasteiger partial charge in [0.05, 0.1) is 28.5 Å². The lowest BCUT2D eigenvalue weighted by Gasteiger charge is -2.30. The number of ether oxygens (including phenoxy) is 1. The summed E-state index contributed by atoms with van der Waals surface area (Å²) in [6, 6.07) is 11.1. The number of amides is 1. The normalized spacial score (nSPS) is 21.4. The summed E-state index contributed by atoms with van der Waals surface area (Å²) < 4.78 is 36.1. The summed E-state index contributed by atoms with van der Waals surface area (Å²) in [4.78, 5) is 28.7. The van der Waals surface area contributed by atoms with Gasteiger partial charge in [0.15, 0.2) is 15.3 Å². The maximum Gasteiger partial charge on any atom is 0.291 e. The van der Waals surface area contributed by atoms with Crippen molar-refractivity contribution >= 4 is 26.7 Å². The Morgan fingerprint density at radius 3 is 2.76 bits per heavy atom. The van der Waals surface area contributed by atoms with E-state index in [1.165, 1.54) is 4.90 Å². The standard InChI is InChI=1S/C25H23NO6S/c1-3-10-31-18-6-4-5-16(13-18)22-21-23(27)19-12-15(2)7-8-20(19)32-24(21)25(28)26(22)17-9-11-33(29,30)14-17/h3-8,12-13,17,22H,1,9-11,14H2,2H3. The van der Waals surface area contributed by atoms with E-state index in [9.17, 15) is 18.0 Å². The number of hydrogen-bond acceptors (Lipinski definition) is 6. The molecule has 0 aliphatic carbocycles. The van der Waals surface area contributed by atoms with Crippen LogP contribution in [-0.2, 0) is 9.84 Å². The molecule has 1 fully saturated rings. The molecule has 1 aromatic heterocycles. The zero-order chi connectivity index (χ0) is 23.3. The van der Waals surface area contributed by atoms with Crippen LogP contribution in [0.4, 0.5) is 0 Å². The number of rotatable bonds is 5. The van der Waals surface area contributed by atoms with Gasteiger partial charge in [-0.25, -0.2) is 8.42 Å². The highest BCUT2D eigenvalue weighted by Crippen LogP contribution is 2.42. The molecule has 2 unspecified atom stereocenters. The smallest absolute Gasteiger partial charge is 0.291 e. The van der Waals surface area contributed by atoms with Gasteiger partial charge in [-0.1, -0.05) is 36.4 Å². The molecule has 3 aromatic rings. The van der Waals surface area contributed by atoms with Gasteiger partial charge in [-0.3, -0.25) is 9.59 Å². The first-order valence-electron chi connectivity index (χ1n) is 10.7. The molecule has 0 N–H and O–H groups in total. The molecule has 2 aromatic carbocycles. The van der Waals surface area contributed by atoms with Crippen molar-refractivity contribution in [1.29, 1.82) is 0 Å². The molecule has 2 atom stereocenters. The molecule has 2 aliphatic rings. The molecule has 8 heteroatoms. The monoisotopic (exact) mass is 465 g/mol. The fourth-order valence-electron chi connectivity index (χ4n) is 4.73. The highest BCUT2D eigenvalue weighted by molar-refractivity contribution is 7.91. The molecule has 7 nitrogen and oxygen atoms in total. The maximum absolute atomic E-state index is 13.6. The summed E-state index contributed by atoms with van der Waals surface area (Å²) in [6.07, 6.45) is 1.94. The molecule has 5 rings (SSSR count). The average Bonchev–Trinajstić information content (AvgIpc) is 3.29. The van der Waals surface area contributed by atoms with Gasteiger partial charge >= 0.3 is 0 Å². The summed E-state index contributed by atoms with van der Waals surface area (Å²) in [5.41, 5.74) is 1.85. The van der Waals surface area contributed by atoms with E-state index in [0.29, 0.717) is 35.3 Å². The van der Waals surface area contributed by atoms with Crippen molar-refractivity contribution in [1.82, 2.24) is 4.90 Å². The third-order valence-corrected chi connectivity index (χ3v) is 7.96. The summed E-state index contributed by atoms with van der Waals surface area (Å²) in [6.45, 7) is 5.84. The van der Waals surface area contributed by atoms with Crippen molar-refractivity contribution in [3.8, 4) is 5.75 Å². The van der Waals surface area contributed by atoms with Crippen LogP contribution in [0.5, 0.6) is 5.75 Å². The van der Waals surface area contributed by atoms with Crippen LogP contribution in [0.25, 0.3) is 11.0 Å². The van der Waals surface area contributed by atoms with Crippen molar-refractivity contribution in [2.45, 2.75) is 25.4 Å². The van der Waals surface area contributed by atoms with Gasteiger partial charge in [0.1, 0.15) is 17.9 Å². The van der Waals surface area contributed by atoms with Gasteiger partial charge in [-0.05, 0) is 43.2 Å². The van der Waals surface area contributed by atoms with E-state index < -0.39 is 27.8 Å². The van der Waals surface area contributed by atoms with Crippen LogP contribution in [0.15, 0.2) is 64.3 Å². The number of nitrogens with zero attached hydrogens (tertiary/aromatic N) is 1. The summed E-state index contributed by atoms with van der Waals surface area (Å²) in [5.74, 6) is -0.0522. The zero-order valence-electron chi connectivity index (χ0n) is 18.1. The minimum Gasteiger partial charge on any atom is -0.490 e. The second-order valence-corrected chi connectivity index (χ2v) is 10.7. The van der Waals surface area contributed by atoms with Crippen LogP contribution in [0.1, 0.15) is 39.7 Å². The van der Waals surface area contributed by atoms with Crippen LogP contribution in [0, 0.1) is 6.92 Å². The van der Waals surface area contributed by atoms with Gasteiger partial charge in [-0.2, -0.15) is 0 Å². The summed E-state index contributed by atoms with van der Waals surface area (Å²) in [7, 11) is -3.26. The Labute approximate surface area is 191 Å². The van der Waals surface area contributed by atoms with E-state index in [4.69, 9.17) is 9.15 Å². The second-order valence-electron chi connectivity index (χ2n) is 8.52. The summed E-state index contributed by atoms with van der Waals surface area (Å²) >= 11 is 0. The number of carbonyl (C=O) groups is 1. The molecule has 2 aliphatic heterocycles. The fraction of sp³-hybridized carbons (Fsp3) is 0.280. The van der Waals surface area contributed by atoms with Crippen molar-refractivity contribution < 1.29 is 22.4 Å². The number of benzene rings is 2. The lowest BCUT2D eigenvalue weighted by atomic mass is 9.97. The van der Waals surface area contributed by atoms with E-state index in [-0.39, 0.29) is 28.3 Å². The van der Waals surface area contributed by atoms with Crippen LogP contribution in [0.2, 0.25) is 0 Å².